The zero-order valence-corrected chi connectivity index (χ0v) is 8.47. The van der Waals surface area contributed by atoms with Gasteiger partial charge < -0.3 is 0 Å². The Kier molecular flexibility index (Phi) is 2.59. The highest BCUT2D eigenvalue weighted by atomic mass is 16.1. The lowest BCUT2D eigenvalue weighted by atomic mass is 10.0. The molecule has 2 rings (SSSR count). The first-order valence-electron chi connectivity index (χ1n) is 4.79. The summed E-state index contributed by atoms with van der Waals surface area (Å²) in [4.78, 5) is 15.1. The third kappa shape index (κ3) is 1.79. The van der Waals surface area contributed by atoms with Crippen LogP contribution in [0.2, 0.25) is 0 Å². The standard InChI is InChI=1S/C13H11NO/c1-10-5-2-3-7-12(10)13-11(9-15)6-4-8-14-13/h2-9H,1H3. The van der Waals surface area contributed by atoms with Gasteiger partial charge in [0.25, 0.3) is 0 Å². The number of aldehydes is 1. The summed E-state index contributed by atoms with van der Waals surface area (Å²) in [5.41, 5.74) is 3.52. The number of benzene rings is 1. The summed E-state index contributed by atoms with van der Waals surface area (Å²) < 4.78 is 0. The van der Waals surface area contributed by atoms with Crippen LogP contribution in [0.5, 0.6) is 0 Å². The van der Waals surface area contributed by atoms with E-state index in [1.807, 2.05) is 31.2 Å². The van der Waals surface area contributed by atoms with Crippen molar-refractivity contribution in [3.05, 3.63) is 53.7 Å². The lowest BCUT2D eigenvalue weighted by Gasteiger charge is -2.06. The number of hydrogen-bond acceptors (Lipinski definition) is 2. The van der Waals surface area contributed by atoms with Gasteiger partial charge in [0.1, 0.15) is 0 Å². The van der Waals surface area contributed by atoms with Crippen LogP contribution < -0.4 is 0 Å². The highest BCUT2D eigenvalue weighted by molar-refractivity contribution is 5.86. The Hall–Kier alpha value is -1.96. The molecule has 2 aromatic rings. The number of nitrogens with zero attached hydrogens (tertiary/aromatic N) is 1. The summed E-state index contributed by atoms with van der Waals surface area (Å²) in [5.74, 6) is 0. The highest BCUT2D eigenvalue weighted by Crippen LogP contribution is 2.23. The summed E-state index contributed by atoms with van der Waals surface area (Å²) in [5, 5.41) is 0. The second kappa shape index (κ2) is 4.05. The Labute approximate surface area is 88.6 Å². The molecule has 0 aliphatic rings. The van der Waals surface area contributed by atoms with Crippen molar-refractivity contribution in [1.29, 1.82) is 0 Å². The summed E-state index contributed by atoms with van der Waals surface area (Å²) >= 11 is 0. The average molecular weight is 197 g/mol. The maximum atomic E-state index is 10.9. The fourth-order valence-corrected chi connectivity index (χ4v) is 1.58. The molecule has 0 saturated heterocycles. The van der Waals surface area contributed by atoms with Gasteiger partial charge in [-0.1, -0.05) is 24.3 Å². The van der Waals surface area contributed by atoms with Gasteiger partial charge in [0.05, 0.1) is 5.69 Å². The summed E-state index contributed by atoms with van der Waals surface area (Å²) in [6.45, 7) is 2.01. The Bertz CT molecular complexity index is 491. The maximum absolute atomic E-state index is 10.9. The van der Waals surface area contributed by atoms with E-state index in [0.717, 1.165) is 23.1 Å². The minimum Gasteiger partial charge on any atom is -0.298 e. The van der Waals surface area contributed by atoms with E-state index >= 15 is 0 Å². The zero-order chi connectivity index (χ0) is 10.7. The van der Waals surface area contributed by atoms with Crippen LogP contribution in [0.15, 0.2) is 42.6 Å². The molecule has 0 atom stereocenters. The van der Waals surface area contributed by atoms with E-state index < -0.39 is 0 Å². The van der Waals surface area contributed by atoms with E-state index in [9.17, 15) is 4.79 Å². The lowest BCUT2D eigenvalue weighted by molar-refractivity contribution is 0.112. The van der Waals surface area contributed by atoms with Gasteiger partial charge in [-0.2, -0.15) is 0 Å². The monoisotopic (exact) mass is 197 g/mol. The van der Waals surface area contributed by atoms with Crippen LogP contribution in [0.4, 0.5) is 0 Å². The molecule has 1 heterocycles. The van der Waals surface area contributed by atoms with Crippen molar-refractivity contribution in [3.8, 4) is 11.3 Å². The minimum absolute atomic E-state index is 0.631. The van der Waals surface area contributed by atoms with Crippen molar-refractivity contribution in [2.24, 2.45) is 0 Å². The third-order valence-electron chi connectivity index (χ3n) is 2.37. The first-order valence-corrected chi connectivity index (χ1v) is 4.79. The average Bonchev–Trinajstić information content (AvgIpc) is 2.30. The number of rotatable bonds is 2. The van der Waals surface area contributed by atoms with Crippen molar-refractivity contribution in [2.45, 2.75) is 6.92 Å². The van der Waals surface area contributed by atoms with Gasteiger partial charge in [0, 0.05) is 17.3 Å². The third-order valence-corrected chi connectivity index (χ3v) is 2.37. The molecular weight excluding hydrogens is 186 g/mol. The summed E-state index contributed by atoms with van der Waals surface area (Å²) in [7, 11) is 0. The maximum Gasteiger partial charge on any atom is 0.152 e. The predicted molar refractivity (Wildman–Crippen MR) is 59.8 cm³/mol. The smallest absolute Gasteiger partial charge is 0.152 e. The second-order valence-corrected chi connectivity index (χ2v) is 3.37. The summed E-state index contributed by atoms with van der Waals surface area (Å²) in [6.07, 6.45) is 2.55. The number of aryl methyl sites for hydroxylation is 1. The number of carbonyl (C=O) groups excluding carboxylic acids is 1. The van der Waals surface area contributed by atoms with Crippen molar-refractivity contribution >= 4 is 6.29 Å². The summed E-state index contributed by atoms with van der Waals surface area (Å²) in [6, 6.07) is 11.5. The SMILES string of the molecule is Cc1ccccc1-c1ncccc1C=O. The number of aromatic nitrogens is 1. The minimum atomic E-state index is 0.631. The van der Waals surface area contributed by atoms with Crippen LogP contribution in [-0.4, -0.2) is 11.3 Å². The van der Waals surface area contributed by atoms with Crippen molar-refractivity contribution in [2.75, 3.05) is 0 Å². The van der Waals surface area contributed by atoms with Crippen LogP contribution in [-0.2, 0) is 0 Å². The lowest BCUT2D eigenvalue weighted by Crippen LogP contribution is -1.92. The van der Waals surface area contributed by atoms with E-state index in [1.165, 1.54) is 0 Å². The van der Waals surface area contributed by atoms with Gasteiger partial charge in [-0.25, -0.2) is 0 Å². The molecule has 1 aromatic heterocycles. The van der Waals surface area contributed by atoms with E-state index in [-0.39, 0.29) is 0 Å². The molecule has 0 spiro atoms. The van der Waals surface area contributed by atoms with Crippen molar-refractivity contribution < 1.29 is 4.79 Å². The van der Waals surface area contributed by atoms with Gasteiger partial charge in [0.15, 0.2) is 6.29 Å². The van der Waals surface area contributed by atoms with Gasteiger partial charge >= 0.3 is 0 Å². The quantitative estimate of drug-likeness (QED) is 0.693. The van der Waals surface area contributed by atoms with Gasteiger partial charge in [-0.3, -0.25) is 9.78 Å². The van der Waals surface area contributed by atoms with Crippen LogP contribution in [0.3, 0.4) is 0 Å². The van der Waals surface area contributed by atoms with E-state index in [4.69, 9.17) is 0 Å². The normalized spacial score (nSPS) is 9.93. The molecule has 0 aliphatic heterocycles. The fraction of sp³-hybridized carbons (Fsp3) is 0.0769. The Morgan fingerprint density at radius 2 is 1.93 bits per heavy atom. The molecule has 0 fully saturated rings. The molecule has 0 unspecified atom stereocenters. The van der Waals surface area contributed by atoms with Gasteiger partial charge in [0.2, 0.25) is 0 Å². The fourth-order valence-electron chi connectivity index (χ4n) is 1.58. The second-order valence-electron chi connectivity index (χ2n) is 3.37. The van der Waals surface area contributed by atoms with Gasteiger partial charge in [-0.05, 0) is 24.6 Å². The van der Waals surface area contributed by atoms with E-state index in [2.05, 4.69) is 4.98 Å². The molecule has 1 aromatic carbocycles. The number of carbonyl (C=O) groups is 1. The molecule has 0 N–H and O–H groups in total. The van der Waals surface area contributed by atoms with Crippen LogP contribution in [0.1, 0.15) is 15.9 Å². The molecule has 2 heteroatoms. The molecule has 2 nitrogen and oxygen atoms in total. The van der Waals surface area contributed by atoms with Crippen molar-refractivity contribution in [1.82, 2.24) is 4.98 Å². The molecular formula is C13H11NO. The van der Waals surface area contributed by atoms with Crippen molar-refractivity contribution in [3.63, 3.8) is 0 Å². The molecule has 0 amide bonds. The number of pyridine rings is 1. The molecule has 74 valence electrons. The molecule has 0 bridgehead atoms. The predicted octanol–water partition coefficient (Wildman–Crippen LogP) is 2.87. The Morgan fingerprint density at radius 3 is 2.67 bits per heavy atom. The highest BCUT2D eigenvalue weighted by Gasteiger charge is 2.06. The van der Waals surface area contributed by atoms with Crippen LogP contribution in [0, 0.1) is 6.92 Å². The van der Waals surface area contributed by atoms with E-state index in [0.29, 0.717) is 5.56 Å². The first kappa shape index (κ1) is 9.59. The first-order chi connectivity index (χ1) is 7.33. The largest absolute Gasteiger partial charge is 0.298 e. The molecule has 15 heavy (non-hydrogen) atoms. The Balaban J connectivity index is 2.64. The van der Waals surface area contributed by atoms with Gasteiger partial charge in [-0.15, -0.1) is 0 Å². The molecule has 0 aliphatic carbocycles. The van der Waals surface area contributed by atoms with Crippen LogP contribution >= 0.6 is 0 Å². The number of hydrogen-bond donors (Lipinski definition) is 0. The zero-order valence-electron chi connectivity index (χ0n) is 8.47. The van der Waals surface area contributed by atoms with E-state index in [1.54, 1.807) is 18.3 Å². The topological polar surface area (TPSA) is 30.0 Å². The molecule has 0 radical (unpaired) electrons. The Morgan fingerprint density at radius 1 is 1.13 bits per heavy atom. The molecule has 0 saturated carbocycles. The van der Waals surface area contributed by atoms with Crippen LogP contribution in [0.25, 0.3) is 11.3 Å².